The largest absolute Gasteiger partial charge is 0.457 e. The summed E-state index contributed by atoms with van der Waals surface area (Å²) in [6.07, 6.45) is -1.92. The van der Waals surface area contributed by atoms with Crippen LogP contribution in [0.1, 0.15) is 11.3 Å². The smallest absolute Gasteiger partial charge is 0.416 e. The second kappa shape index (κ2) is 10.1. The lowest BCUT2D eigenvalue weighted by molar-refractivity contribution is -0.137. The molecule has 1 fully saturated rings. The molecule has 0 unspecified atom stereocenters. The van der Waals surface area contributed by atoms with Gasteiger partial charge in [0, 0.05) is 29.8 Å². The van der Waals surface area contributed by atoms with E-state index >= 15 is 0 Å². The summed E-state index contributed by atoms with van der Waals surface area (Å²) in [5, 5.41) is 3.46. The maximum absolute atomic E-state index is 13.3. The lowest BCUT2D eigenvalue weighted by atomic mass is 10.1. The Morgan fingerprint density at radius 2 is 1.79 bits per heavy atom. The molecule has 0 saturated carbocycles. The van der Waals surface area contributed by atoms with Gasteiger partial charge in [-0.25, -0.2) is 0 Å². The summed E-state index contributed by atoms with van der Waals surface area (Å²) >= 11 is 12.1. The Morgan fingerprint density at radius 1 is 1.03 bits per heavy atom. The lowest BCUT2D eigenvalue weighted by Gasteiger charge is -2.30. The van der Waals surface area contributed by atoms with Crippen molar-refractivity contribution in [2.45, 2.75) is 6.18 Å². The number of furan rings is 1. The highest BCUT2D eigenvalue weighted by atomic mass is 35.5. The summed E-state index contributed by atoms with van der Waals surface area (Å²) < 4.78 is 50.8. The Balaban J connectivity index is 1.52. The van der Waals surface area contributed by atoms with Crippen molar-refractivity contribution in [3.63, 3.8) is 0 Å². The first-order valence-electron chi connectivity index (χ1n) is 10.3. The number of ether oxygens (including phenoxy) is 1. The average Bonchev–Trinajstić information content (AvgIpc) is 3.26. The fourth-order valence-electron chi connectivity index (χ4n) is 3.50. The summed E-state index contributed by atoms with van der Waals surface area (Å²) in [6, 6.07) is 11.6. The maximum atomic E-state index is 13.3. The van der Waals surface area contributed by atoms with Crippen molar-refractivity contribution in [3.05, 3.63) is 76.0 Å². The fourth-order valence-corrected chi connectivity index (χ4v) is 4.00. The highest BCUT2D eigenvalue weighted by Crippen LogP contribution is 2.36. The number of halogens is 5. The molecule has 1 amide bonds. The number of morpholine rings is 1. The van der Waals surface area contributed by atoms with Crippen LogP contribution in [0.15, 0.2) is 59.0 Å². The van der Waals surface area contributed by atoms with Crippen molar-refractivity contribution in [3.8, 4) is 11.3 Å². The van der Waals surface area contributed by atoms with Crippen LogP contribution in [0.25, 0.3) is 17.4 Å². The van der Waals surface area contributed by atoms with Gasteiger partial charge in [-0.3, -0.25) is 4.79 Å². The van der Waals surface area contributed by atoms with Crippen molar-refractivity contribution in [2.24, 2.45) is 0 Å². The second-order valence-electron chi connectivity index (χ2n) is 7.48. The van der Waals surface area contributed by atoms with Crippen LogP contribution in [0.3, 0.4) is 0 Å². The molecular weight excluding hydrogens is 492 g/mol. The van der Waals surface area contributed by atoms with Gasteiger partial charge < -0.3 is 19.4 Å². The summed E-state index contributed by atoms with van der Waals surface area (Å²) in [6.45, 7) is 1.92. The van der Waals surface area contributed by atoms with Crippen LogP contribution in [0.4, 0.5) is 24.5 Å². The van der Waals surface area contributed by atoms with E-state index in [1.807, 2.05) is 4.90 Å². The van der Waals surface area contributed by atoms with Crippen molar-refractivity contribution in [1.29, 1.82) is 0 Å². The summed E-state index contributed by atoms with van der Waals surface area (Å²) in [7, 11) is 0. The molecule has 10 heteroatoms. The SMILES string of the molecule is O=C(/C=C/c1ccc(-c2ccc(Cl)cc2Cl)o1)Nc1cc(C(F)(F)F)ccc1N1CCOCC1. The zero-order chi connectivity index (χ0) is 24.3. The molecule has 0 radical (unpaired) electrons. The molecule has 1 N–H and O–H groups in total. The zero-order valence-corrected chi connectivity index (χ0v) is 19.2. The van der Waals surface area contributed by atoms with Gasteiger partial charge in [-0.2, -0.15) is 13.2 Å². The molecule has 0 atom stereocenters. The molecule has 0 aliphatic carbocycles. The van der Waals surface area contributed by atoms with Crippen LogP contribution < -0.4 is 10.2 Å². The number of anilines is 2. The Hall–Kier alpha value is -2.94. The predicted octanol–water partition coefficient (Wildman–Crippen LogP) is 6.76. The van der Waals surface area contributed by atoms with E-state index in [1.165, 1.54) is 18.2 Å². The second-order valence-corrected chi connectivity index (χ2v) is 8.32. The standard InChI is InChI=1S/C24H19Cl2F3N2O3/c25-16-2-5-18(19(26)14-16)22-7-3-17(34-22)4-8-23(32)30-20-13-15(24(27,28)29)1-6-21(20)31-9-11-33-12-10-31/h1-8,13-14H,9-12H2,(H,30,32)/b8-4+. The van der Waals surface area contributed by atoms with Gasteiger partial charge in [-0.1, -0.05) is 23.2 Å². The van der Waals surface area contributed by atoms with Crippen molar-refractivity contribution >= 4 is 46.6 Å². The molecule has 1 saturated heterocycles. The minimum Gasteiger partial charge on any atom is -0.457 e. The van der Waals surface area contributed by atoms with E-state index in [0.29, 0.717) is 59.1 Å². The van der Waals surface area contributed by atoms with Gasteiger partial charge in [-0.05, 0) is 54.6 Å². The van der Waals surface area contributed by atoms with Crippen LogP contribution >= 0.6 is 23.2 Å². The Kier molecular flexibility index (Phi) is 7.21. The Labute approximate surface area is 203 Å². The topological polar surface area (TPSA) is 54.7 Å². The van der Waals surface area contributed by atoms with Crippen molar-refractivity contribution in [2.75, 3.05) is 36.5 Å². The lowest BCUT2D eigenvalue weighted by Crippen LogP contribution is -2.36. The fraction of sp³-hybridized carbons (Fsp3) is 0.208. The number of benzene rings is 2. The molecule has 1 aromatic heterocycles. The van der Waals surface area contributed by atoms with E-state index in [2.05, 4.69) is 5.32 Å². The first-order valence-corrected chi connectivity index (χ1v) is 11.0. The first-order chi connectivity index (χ1) is 16.2. The number of nitrogens with zero attached hydrogens (tertiary/aromatic N) is 1. The van der Waals surface area contributed by atoms with E-state index in [4.69, 9.17) is 32.4 Å². The predicted molar refractivity (Wildman–Crippen MR) is 126 cm³/mol. The molecule has 178 valence electrons. The van der Waals surface area contributed by atoms with Gasteiger partial charge in [-0.15, -0.1) is 0 Å². The minimum absolute atomic E-state index is 0.0689. The van der Waals surface area contributed by atoms with Gasteiger partial charge in [0.1, 0.15) is 11.5 Å². The van der Waals surface area contributed by atoms with E-state index in [-0.39, 0.29) is 5.69 Å². The molecule has 34 heavy (non-hydrogen) atoms. The molecule has 1 aliphatic heterocycles. The van der Waals surface area contributed by atoms with Crippen molar-refractivity contribution < 1.29 is 27.1 Å². The molecule has 0 bridgehead atoms. The number of rotatable bonds is 5. The van der Waals surface area contributed by atoms with Crippen LogP contribution in [0.2, 0.25) is 10.0 Å². The summed E-state index contributed by atoms with van der Waals surface area (Å²) in [5.74, 6) is 0.249. The average molecular weight is 511 g/mol. The molecule has 2 heterocycles. The molecular formula is C24H19Cl2F3N2O3. The number of carbonyl (C=O) groups is 1. The molecule has 0 spiro atoms. The quantitative estimate of drug-likeness (QED) is 0.385. The minimum atomic E-state index is -4.54. The molecule has 4 rings (SSSR count). The van der Waals surface area contributed by atoms with Crippen LogP contribution in [-0.2, 0) is 15.7 Å². The Morgan fingerprint density at radius 3 is 2.50 bits per heavy atom. The number of hydrogen-bond donors (Lipinski definition) is 1. The third kappa shape index (κ3) is 5.75. The third-order valence-electron chi connectivity index (χ3n) is 5.16. The van der Waals surface area contributed by atoms with Gasteiger partial charge in [0.2, 0.25) is 5.91 Å². The van der Waals surface area contributed by atoms with Crippen LogP contribution in [0.5, 0.6) is 0 Å². The van der Waals surface area contributed by atoms with E-state index < -0.39 is 17.6 Å². The van der Waals surface area contributed by atoms with Gasteiger partial charge in [0.05, 0.1) is 35.2 Å². The molecule has 3 aromatic rings. The number of amides is 1. The monoisotopic (exact) mass is 510 g/mol. The summed E-state index contributed by atoms with van der Waals surface area (Å²) in [4.78, 5) is 14.4. The molecule has 1 aliphatic rings. The highest BCUT2D eigenvalue weighted by molar-refractivity contribution is 6.36. The first kappa shape index (κ1) is 24.2. The number of carbonyl (C=O) groups excluding carboxylic acids is 1. The van der Waals surface area contributed by atoms with Gasteiger partial charge in [0.25, 0.3) is 0 Å². The summed E-state index contributed by atoms with van der Waals surface area (Å²) in [5.41, 5.74) is 0.351. The van der Waals surface area contributed by atoms with Gasteiger partial charge in [0.15, 0.2) is 0 Å². The highest BCUT2D eigenvalue weighted by Gasteiger charge is 2.31. The molecule has 5 nitrogen and oxygen atoms in total. The Bertz CT molecular complexity index is 1220. The maximum Gasteiger partial charge on any atom is 0.416 e. The van der Waals surface area contributed by atoms with Gasteiger partial charge >= 0.3 is 6.18 Å². The zero-order valence-electron chi connectivity index (χ0n) is 17.7. The van der Waals surface area contributed by atoms with E-state index in [1.54, 1.807) is 30.3 Å². The van der Waals surface area contributed by atoms with E-state index in [0.717, 1.165) is 12.1 Å². The number of hydrogen-bond acceptors (Lipinski definition) is 4. The molecule has 2 aromatic carbocycles. The van der Waals surface area contributed by atoms with Crippen LogP contribution in [-0.4, -0.2) is 32.2 Å². The van der Waals surface area contributed by atoms with Crippen molar-refractivity contribution in [1.82, 2.24) is 0 Å². The van der Waals surface area contributed by atoms with E-state index in [9.17, 15) is 18.0 Å². The number of nitrogens with one attached hydrogen (secondary N) is 1. The number of alkyl halides is 3. The normalized spacial score (nSPS) is 14.6. The van der Waals surface area contributed by atoms with Crippen LogP contribution in [0, 0.1) is 0 Å². The third-order valence-corrected chi connectivity index (χ3v) is 5.70.